The summed E-state index contributed by atoms with van der Waals surface area (Å²) in [6.45, 7) is 1.78. The summed E-state index contributed by atoms with van der Waals surface area (Å²) in [4.78, 5) is 17.3. The number of hydrogen-bond acceptors (Lipinski definition) is 6. The number of aromatic nitrogens is 6. The summed E-state index contributed by atoms with van der Waals surface area (Å²) in [5.74, 6) is 0. The van der Waals surface area contributed by atoms with Gasteiger partial charge >= 0.3 is 0 Å². The van der Waals surface area contributed by atoms with Gasteiger partial charge in [0.2, 0.25) is 0 Å². The van der Waals surface area contributed by atoms with Crippen molar-refractivity contribution in [3.63, 3.8) is 0 Å². The molecule has 5 aromatic rings. The van der Waals surface area contributed by atoms with Crippen molar-refractivity contribution in [3.8, 4) is 33.8 Å². The summed E-state index contributed by atoms with van der Waals surface area (Å²) < 4.78 is 7.10. The number of H-pyrrole nitrogens is 1. The van der Waals surface area contributed by atoms with Gasteiger partial charge in [-0.1, -0.05) is 18.2 Å². The first kappa shape index (κ1) is 20.0. The Hall–Kier alpha value is -3.88. The maximum atomic E-state index is 5.63. The first-order chi connectivity index (χ1) is 15.7. The Morgan fingerprint density at radius 2 is 1.94 bits per heavy atom. The van der Waals surface area contributed by atoms with E-state index in [0.29, 0.717) is 19.7 Å². The van der Waals surface area contributed by atoms with Gasteiger partial charge in [0.05, 0.1) is 48.1 Å². The zero-order valence-corrected chi connectivity index (χ0v) is 17.7. The Morgan fingerprint density at radius 3 is 2.81 bits per heavy atom. The van der Waals surface area contributed by atoms with Gasteiger partial charge in [-0.2, -0.15) is 5.10 Å². The number of nitrogens with zero attached hydrogens (tertiary/aromatic N) is 5. The van der Waals surface area contributed by atoms with Crippen LogP contribution in [-0.4, -0.2) is 43.4 Å². The quantitative estimate of drug-likeness (QED) is 0.412. The number of nitrogens with two attached hydrogens (primary N) is 1. The number of methoxy groups -OCH3 is 1. The largest absolute Gasteiger partial charge is 0.380 e. The minimum atomic E-state index is 0.544. The molecule has 0 spiro atoms. The van der Waals surface area contributed by atoms with Crippen molar-refractivity contribution in [1.82, 2.24) is 29.7 Å². The molecule has 0 atom stereocenters. The molecule has 32 heavy (non-hydrogen) atoms. The zero-order valence-electron chi connectivity index (χ0n) is 17.7. The van der Waals surface area contributed by atoms with E-state index in [1.807, 2.05) is 53.6 Å². The molecule has 160 valence electrons. The van der Waals surface area contributed by atoms with E-state index in [4.69, 9.17) is 15.5 Å². The van der Waals surface area contributed by atoms with Gasteiger partial charge in [-0.15, -0.1) is 0 Å². The highest BCUT2D eigenvalue weighted by Crippen LogP contribution is 2.30. The minimum Gasteiger partial charge on any atom is -0.380 e. The van der Waals surface area contributed by atoms with Crippen LogP contribution in [0, 0.1) is 0 Å². The van der Waals surface area contributed by atoms with Crippen molar-refractivity contribution in [1.29, 1.82) is 0 Å². The highest BCUT2D eigenvalue weighted by Gasteiger charge is 2.14. The standard InChI is InChI=1S/C24H23N7O/c1-32-14-16-3-2-4-17(9-16)23-24(28-15-27-23)21-6-5-20-22(30-21)10-18(11-26-20)19-12-29-31(13-19)8-7-25/h2-6,9-13,15H,7-8,14,25H2,1H3,(H,27,28). The normalized spacial score (nSPS) is 11.3. The molecular weight excluding hydrogens is 402 g/mol. The van der Waals surface area contributed by atoms with Gasteiger partial charge in [0, 0.05) is 42.7 Å². The SMILES string of the molecule is COCc1cccc(-c2[nH]cnc2-c2ccc3ncc(-c4cnn(CCN)c4)cc3n2)c1. The molecule has 0 aliphatic carbocycles. The molecule has 0 aliphatic rings. The average Bonchev–Trinajstić information content (AvgIpc) is 3.49. The van der Waals surface area contributed by atoms with Gasteiger partial charge in [-0.25, -0.2) is 9.97 Å². The molecular formula is C24H23N7O. The Balaban J connectivity index is 1.53. The Bertz CT molecular complexity index is 1370. The second-order valence-corrected chi connectivity index (χ2v) is 7.50. The van der Waals surface area contributed by atoms with Crippen LogP contribution >= 0.6 is 0 Å². The smallest absolute Gasteiger partial charge is 0.114 e. The van der Waals surface area contributed by atoms with E-state index in [9.17, 15) is 0 Å². The third kappa shape index (κ3) is 3.89. The third-order valence-electron chi connectivity index (χ3n) is 5.27. The van der Waals surface area contributed by atoms with Crippen LogP contribution in [0.25, 0.3) is 44.8 Å². The van der Waals surface area contributed by atoms with Crippen LogP contribution < -0.4 is 5.73 Å². The van der Waals surface area contributed by atoms with Gasteiger partial charge in [-0.05, 0) is 29.8 Å². The fraction of sp³-hybridized carbons (Fsp3) is 0.167. The van der Waals surface area contributed by atoms with Crippen LogP contribution in [0.4, 0.5) is 0 Å². The summed E-state index contributed by atoms with van der Waals surface area (Å²) in [6.07, 6.45) is 7.33. The van der Waals surface area contributed by atoms with Crippen molar-refractivity contribution in [2.45, 2.75) is 13.2 Å². The number of rotatable bonds is 7. The summed E-state index contributed by atoms with van der Waals surface area (Å²) in [5.41, 5.74) is 13.8. The number of benzene rings is 1. The molecule has 0 saturated carbocycles. The number of hydrogen-bond donors (Lipinski definition) is 2. The highest BCUT2D eigenvalue weighted by atomic mass is 16.5. The van der Waals surface area contributed by atoms with Crippen molar-refractivity contribution < 1.29 is 4.74 Å². The maximum Gasteiger partial charge on any atom is 0.114 e. The molecule has 4 heterocycles. The van der Waals surface area contributed by atoms with Crippen LogP contribution in [0.15, 0.2) is 67.4 Å². The summed E-state index contributed by atoms with van der Waals surface area (Å²) in [6, 6.07) is 14.2. The highest BCUT2D eigenvalue weighted by molar-refractivity contribution is 5.84. The molecule has 0 fully saturated rings. The molecule has 4 aromatic heterocycles. The molecule has 8 heteroatoms. The maximum absolute atomic E-state index is 5.63. The molecule has 0 unspecified atom stereocenters. The van der Waals surface area contributed by atoms with E-state index in [1.54, 1.807) is 13.4 Å². The van der Waals surface area contributed by atoms with E-state index in [0.717, 1.165) is 50.4 Å². The number of fused-ring (bicyclic) bond motifs is 1. The average molecular weight is 425 g/mol. The summed E-state index contributed by atoms with van der Waals surface area (Å²) in [7, 11) is 1.69. The molecule has 5 rings (SSSR count). The second kappa shape index (κ2) is 8.70. The molecule has 1 aromatic carbocycles. The fourth-order valence-corrected chi connectivity index (χ4v) is 3.76. The predicted octanol–water partition coefficient (Wildman–Crippen LogP) is 3.66. The Kier molecular flexibility index (Phi) is 5.45. The van der Waals surface area contributed by atoms with E-state index in [-0.39, 0.29) is 0 Å². The Labute approximate surface area is 185 Å². The van der Waals surface area contributed by atoms with Crippen molar-refractivity contribution in [2.24, 2.45) is 5.73 Å². The van der Waals surface area contributed by atoms with Gasteiger partial charge in [-0.3, -0.25) is 9.67 Å². The van der Waals surface area contributed by atoms with Crippen LogP contribution in [-0.2, 0) is 17.9 Å². The first-order valence-electron chi connectivity index (χ1n) is 10.4. The second-order valence-electron chi connectivity index (χ2n) is 7.50. The monoisotopic (exact) mass is 425 g/mol. The van der Waals surface area contributed by atoms with Crippen molar-refractivity contribution >= 4 is 11.0 Å². The Morgan fingerprint density at radius 1 is 1.00 bits per heavy atom. The van der Waals surface area contributed by atoms with Crippen LogP contribution in [0.3, 0.4) is 0 Å². The molecule has 0 aliphatic heterocycles. The van der Waals surface area contributed by atoms with E-state index >= 15 is 0 Å². The molecule has 0 bridgehead atoms. The molecule has 3 N–H and O–H groups in total. The minimum absolute atomic E-state index is 0.544. The van der Waals surface area contributed by atoms with Gasteiger partial charge < -0.3 is 15.5 Å². The lowest BCUT2D eigenvalue weighted by atomic mass is 10.1. The zero-order chi connectivity index (χ0) is 21.9. The molecule has 8 nitrogen and oxygen atoms in total. The van der Waals surface area contributed by atoms with Crippen LogP contribution in [0.5, 0.6) is 0 Å². The first-order valence-corrected chi connectivity index (χ1v) is 10.4. The van der Waals surface area contributed by atoms with Gasteiger partial charge in [0.1, 0.15) is 5.69 Å². The number of aromatic amines is 1. The van der Waals surface area contributed by atoms with Crippen molar-refractivity contribution in [2.75, 3.05) is 13.7 Å². The lowest BCUT2D eigenvalue weighted by molar-refractivity contribution is 0.185. The van der Waals surface area contributed by atoms with Gasteiger partial charge in [0.25, 0.3) is 0 Å². The lowest BCUT2D eigenvalue weighted by Gasteiger charge is -2.07. The van der Waals surface area contributed by atoms with E-state index < -0.39 is 0 Å². The number of nitrogens with one attached hydrogen (secondary N) is 1. The molecule has 0 radical (unpaired) electrons. The topological polar surface area (TPSA) is 108 Å². The summed E-state index contributed by atoms with van der Waals surface area (Å²) >= 11 is 0. The predicted molar refractivity (Wildman–Crippen MR) is 124 cm³/mol. The lowest BCUT2D eigenvalue weighted by Crippen LogP contribution is -2.09. The van der Waals surface area contributed by atoms with E-state index in [1.165, 1.54) is 0 Å². The summed E-state index contributed by atoms with van der Waals surface area (Å²) in [5, 5.41) is 4.35. The van der Waals surface area contributed by atoms with Gasteiger partial charge in [0.15, 0.2) is 0 Å². The fourth-order valence-electron chi connectivity index (χ4n) is 3.76. The third-order valence-corrected chi connectivity index (χ3v) is 5.27. The van der Waals surface area contributed by atoms with Crippen molar-refractivity contribution in [3.05, 3.63) is 72.9 Å². The number of ether oxygens (including phenoxy) is 1. The van der Waals surface area contributed by atoms with E-state index in [2.05, 4.69) is 32.2 Å². The van der Waals surface area contributed by atoms with Crippen LogP contribution in [0.1, 0.15) is 5.56 Å². The number of pyridine rings is 2. The number of imidazole rings is 1. The van der Waals surface area contributed by atoms with Crippen LogP contribution in [0.2, 0.25) is 0 Å². The molecule has 0 amide bonds. The molecule has 0 saturated heterocycles.